The van der Waals surface area contributed by atoms with Crippen molar-refractivity contribution in [1.82, 2.24) is 0 Å². The summed E-state index contributed by atoms with van der Waals surface area (Å²) in [5.74, 6) is -1.91. The first kappa shape index (κ1) is 23.5. The van der Waals surface area contributed by atoms with Crippen molar-refractivity contribution in [3.63, 3.8) is 0 Å². The highest BCUT2D eigenvalue weighted by Gasteiger charge is 2.50. The molecule has 0 N–H and O–H groups in total. The van der Waals surface area contributed by atoms with Gasteiger partial charge in [-0.3, -0.25) is 9.59 Å². The van der Waals surface area contributed by atoms with Crippen LogP contribution in [0.4, 0.5) is 17.1 Å². The van der Waals surface area contributed by atoms with Crippen molar-refractivity contribution in [1.29, 1.82) is 0 Å². The molecule has 3 atom stereocenters. The van der Waals surface area contributed by atoms with Crippen LogP contribution in [0.25, 0.3) is 0 Å². The van der Waals surface area contributed by atoms with Gasteiger partial charge in [-0.2, -0.15) is 10.2 Å². The first-order valence-corrected chi connectivity index (χ1v) is 12.0. The van der Waals surface area contributed by atoms with E-state index in [1.807, 2.05) is 118 Å². The number of para-hydroxylation sites is 2. The highest BCUT2D eigenvalue weighted by atomic mass is 16.2. The van der Waals surface area contributed by atoms with Gasteiger partial charge in [0.25, 0.3) is 11.8 Å². The third-order valence-corrected chi connectivity index (χ3v) is 6.88. The summed E-state index contributed by atoms with van der Waals surface area (Å²) in [6.07, 6.45) is 0. The first-order chi connectivity index (χ1) is 17.4. The standard InChI is InChI=1S/C29H29N5O2/c1-19-25(28(35)33(30-19)23-11-7-5-8-12-23)27(21-15-17-22(18-16-21)32(3)4)26-20(2)31-34(29(26)36)24-13-9-6-10-14-24/h5-18,25-27H,1-4H3/t25-,26+,27?. The van der Waals surface area contributed by atoms with Crippen molar-refractivity contribution in [3.05, 3.63) is 90.5 Å². The maximum atomic E-state index is 13.9. The lowest BCUT2D eigenvalue weighted by Gasteiger charge is -2.29. The van der Waals surface area contributed by atoms with Crippen LogP contribution in [-0.4, -0.2) is 37.3 Å². The Labute approximate surface area is 211 Å². The fourth-order valence-electron chi connectivity index (χ4n) is 5.07. The SMILES string of the molecule is CC1=NN(c2ccccc2)C(=O)[C@H]1C(c1ccc(N(C)C)cc1)[C@H]1C(=O)N(c2ccccc2)N=C1C. The highest BCUT2D eigenvalue weighted by molar-refractivity contribution is 6.19. The first-order valence-electron chi connectivity index (χ1n) is 12.0. The van der Waals surface area contributed by atoms with Crippen molar-refractivity contribution in [2.24, 2.45) is 22.0 Å². The third kappa shape index (κ3) is 4.06. The van der Waals surface area contributed by atoms with Crippen LogP contribution in [0.2, 0.25) is 0 Å². The van der Waals surface area contributed by atoms with Crippen LogP contribution in [0.15, 0.2) is 95.1 Å². The Morgan fingerprint density at radius 3 is 1.47 bits per heavy atom. The predicted octanol–water partition coefficient (Wildman–Crippen LogP) is 4.91. The fourth-order valence-corrected chi connectivity index (χ4v) is 5.07. The van der Waals surface area contributed by atoms with E-state index in [0.29, 0.717) is 22.8 Å². The summed E-state index contributed by atoms with van der Waals surface area (Å²) in [5.41, 5.74) is 4.74. The second kappa shape index (κ2) is 9.41. The molecule has 2 aliphatic rings. The largest absolute Gasteiger partial charge is 0.378 e. The Balaban J connectivity index is 1.57. The summed E-state index contributed by atoms with van der Waals surface area (Å²) < 4.78 is 0. The molecule has 2 aliphatic heterocycles. The summed E-state index contributed by atoms with van der Waals surface area (Å²) in [5, 5.41) is 12.2. The average Bonchev–Trinajstić information content (AvgIpc) is 3.36. The zero-order valence-corrected chi connectivity index (χ0v) is 20.9. The molecule has 1 unspecified atom stereocenters. The van der Waals surface area contributed by atoms with Crippen LogP contribution in [0, 0.1) is 11.8 Å². The van der Waals surface area contributed by atoms with Gasteiger partial charge in [-0.15, -0.1) is 0 Å². The lowest BCUT2D eigenvalue weighted by atomic mass is 9.73. The maximum absolute atomic E-state index is 13.9. The van der Waals surface area contributed by atoms with Crippen molar-refractivity contribution in [2.45, 2.75) is 19.8 Å². The van der Waals surface area contributed by atoms with Gasteiger partial charge in [0.2, 0.25) is 0 Å². The summed E-state index contributed by atoms with van der Waals surface area (Å²) in [6, 6.07) is 26.9. The summed E-state index contributed by atoms with van der Waals surface area (Å²) in [6.45, 7) is 3.74. The number of carbonyl (C=O) groups is 2. The molecule has 0 aliphatic carbocycles. The summed E-state index contributed by atoms with van der Waals surface area (Å²) in [7, 11) is 3.97. The number of rotatable bonds is 6. The number of hydrogen-bond donors (Lipinski definition) is 0. The van der Waals surface area contributed by atoms with E-state index in [2.05, 4.69) is 10.2 Å². The van der Waals surface area contributed by atoms with Crippen LogP contribution in [0.3, 0.4) is 0 Å². The number of carbonyl (C=O) groups excluding carboxylic acids is 2. The molecule has 3 aromatic rings. The molecule has 0 spiro atoms. The Kier molecular flexibility index (Phi) is 6.14. The molecule has 2 heterocycles. The van der Waals surface area contributed by atoms with E-state index in [4.69, 9.17) is 0 Å². The van der Waals surface area contributed by atoms with E-state index in [1.165, 1.54) is 10.0 Å². The van der Waals surface area contributed by atoms with Crippen LogP contribution in [0.5, 0.6) is 0 Å². The van der Waals surface area contributed by atoms with E-state index >= 15 is 0 Å². The van der Waals surface area contributed by atoms with Crippen molar-refractivity contribution in [2.75, 3.05) is 29.0 Å². The zero-order chi connectivity index (χ0) is 25.4. The van der Waals surface area contributed by atoms with Gasteiger partial charge < -0.3 is 4.90 Å². The number of hydrogen-bond acceptors (Lipinski definition) is 5. The van der Waals surface area contributed by atoms with E-state index in [9.17, 15) is 9.59 Å². The minimum Gasteiger partial charge on any atom is -0.378 e. The Morgan fingerprint density at radius 1 is 0.667 bits per heavy atom. The summed E-state index contributed by atoms with van der Waals surface area (Å²) >= 11 is 0. The van der Waals surface area contributed by atoms with Gasteiger partial charge in [-0.05, 0) is 55.8 Å². The lowest BCUT2D eigenvalue weighted by molar-refractivity contribution is -0.122. The van der Waals surface area contributed by atoms with Gasteiger partial charge in [0, 0.05) is 37.1 Å². The van der Waals surface area contributed by atoms with Crippen molar-refractivity contribution >= 4 is 40.3 Å². The molecule has 7 nitrogen and oxygen atoms in total. The quantitative estimate of drug-likeness (QED) is 0.504. The molecular formula is C29H29N5O2. The smallest absolute Gasteiger partial charge is 0.256 e. The topological polar surface area (TPSA) is 68.6 Å². The molecule has 0 bridgehead atoms. The monoisotopic (exact) mass is 479 g/mol. The Morgan fingerprint density at radius 2 is 1.08 bits per heavy atom. The molecule has 36 heavy (non-hydrogen) atoms. The Hall–Kier alpha value is -4.26. The van der Waals surface area contributed by atoms with Gasteiger partial charge in [-0.25, -0.2) is 10.0 Å². The molecule has 0 radical (unpaired) electrons. The number of amides is 2. The van der Waals surface area contributed by atoms with E-state index in [-0.39, 0.29) is 11.8 Å². The minimum absolute atomic E-state index is 0.140. The minimum atomic E-state index is -0.592. The molecule has 7 heteroatoms. The van der Waals surface area contributed by atoms with Crippen molar-refractivity contribution < 1.29 is 9.59 Å². The predicted molar refractivity (Wildman–Crippen MR) is 145 cm³/mol. The van der Waals surface area contributed by atoms with Crippen LogP contribution < -0.4 is 14.9 Å². The van der Waals surface area contributed by atoms with Gasteiger partial charge in [0.05, 0.1) is 23.2 Å². The second-order valence-electron chi connectivity index (χ2n) is 9.42. The average molecular weight is 480 g/mol. The number of benzene rings is 3. The van der Waals surface area contributed by atoms with E-state index in [0.717, 1.165) is 11.3 Å². The van der Waals surface area contributed by atoms with Crippen LogP contribution in [-0.2, 0) is 9.59 Å². The zero-order valence-electron chi connectivity index (χ0n) is 20.9. The van der Waals surface area contributed by atoms with Crippen LogP contribution in [0.1, 0.15) is 25.3 Å². The molecule has 0 fully saturated rings. The number of hydrazone groups is 2. The molecule has 0 saturated carbocycles. The number of anilines is 3. The normalized spacial score (nSPS) is 20.4. The molecule has 0 saturated heterocycles. The van der Waals surface area contributed by atoms with E-state index < -0.39 is 17.8 Å². The van der Waals surface area contributed by atoms with Crippen LogP contribution >= 0.6 is 0 Å². The van der Waals surface area contributed by atoms with Gasteiger partial charge in [-0.1, -0.05) is 48.5 Å². The lowest BCUT2D eigenvalue weighted by Crippen LogP contribution is -2.40. The van der Waals surface area contributed by atoms with Gasteiger partial charge >= 0.3 is 0 Å². The molecule has 2 amide bonds. The third-order valence-electron chi connectivity index (χ3n) is 6.88. The molecule has 0 aromatic heterocycles. The van der Waals surface area contributed by atoms with E-state index in [1.54, 1.807) is 0 Å². The maximum Gasteiger partial charge on any atom is 0.256 e. The number of nitrogens with zero attached hydrogens (tertiary/aromatic N) is 5. The summed E-state index contributed by atoms with van der Waals surface area (Å²) in [4.78, 5) is 29.8. The fraction of sp³-hybridized carbons (Fsp3) is 0.241. The van der Waals surface area contributed by atoms with Crippen molar-refractivity contribution in [3.8, 4) is 0 Å². The molecule has 182 valence electrons. The molecule has 5 rings (SSSR count). The molecule has 3 aromatic carbocycles. The van der Waals surface area contributed by atoms with Gasteiger partial charge in [0.1, 0.15) is 0 Å². The second-order valence-corrected chi connectivity index (χ2v) is 9.42. The van der Waals surface area contributed by atoms with Gasteiger partial charge in [0.15, 0.2) is 0 Å². The highest BCUT2D eigenvalue weighted by Crippen LogP contribution is 2.42. The Bertz CT molecular complexity index is 1250. The molecular weight excluding hydrogens is 450 g/mol.